The van der Waals surface area contributed by atoms with E-state index >= 15 is 4.39 Å². The van der Waals surface area contributed by atoms with Crippen LogP contribution in [0, 0.1) is 18.6 Å². The summed E-state index contributed by atoms with van der Waals surface area (Å²) in [6.07, 6.45) is 6.96. The van der Waals surface area contributed by atoms with Crippen LogP contribution in [0.4, 0.5) is 14.6 Å². The van der Waals surface area contributed by atoms with Crippen molar-refractivity contribution in [1.82, 2.24) is 24.8 Å². The Morgan fingerprint density at radius 2 is 2.05 bits per heavy atom. The number of anilines is 1. The Kier molecular flexibility index (Phi) is 8.70. The van der Waals surface area contributed by atoms with Crippen LogP contribution in [0.1, 0.15) is 29.9 Å². The first kappa shape index (κ1) is 27.2. The third-order valence-corrected chi connectivity index (χ3v) is 6.29. The number of carbonyl (C=O) groups excluding carboxylic acids is 1. The lowest BCUT2D eigenvalue weighted by Gasteiger charge is -2.25. The molecule has 1 aliphatic rings. The largest absolute Gasteiger partial charge is 0.435 e. The SMILES string of the molecule is C/C=C(\C=C/CN1CCOCC1)Nc1ncnc(Oc2cc(F)c3[nH]c(C)cc3c2F)c1C(=O)N(C)CC. The monoisotopic (exact) mass is 526 g/mol. The maximum atomic E-state index is 15.3. The third-order valence-electron chi connectivity index (χ3n) is 6.29. The number of benzene rings is 1. The number of morpholine rings is 1. The van der Waals surface area contributed by atoms with Crippen LogP contribution in [0.5, 0.6) is 11.6 Å². The zero-order chi connectivity index (χ0) is 27.2. The van der Waals surface area contributed by atoms with Crippen molar-refractivity contribution < 1.29 is 23.0 Å². The number of nitrogens with zero attached hydrogens (tertiary/aromatic N) is 4. The molecule has 0 aliphatic carbocycles. The molecule has 3 heterocycles. The quantitative estimate of drug-likeness (QED) is 0.393. The normalized spacial score (nSPS) is 14.8. The molecule has 0 unspecified atom stereocenters. The van der Waals surface area contributed by atoms with Gasteiger partial charge in [0.1, 0.15) is 11.9 Å². The van der Waals surface area contributed by atoms with E-state index in [4.69, 9.17) is 9.47 Å². The molecule has 1 aromatic carbocycles. The van der Waals surface area contributed by atoms with Gasteiger partial charge in [0, 0.05) is 56.1 Å². The van der Waals surface area contributed by atoms with Gasteiger partial charge in [0.2, 0.25) is 5.88 Å². The summed E-state index contributed by atoms with van der Waals surface area (Å²) in [5.74, 6) is -2.27. The van der Waals surface area contributed by atoms with Gasteiger partial charge in [-0.25, -0.2) is 18.7 Å². The van der Waals surface area contributed by atoms with Crippen molar-refractivity contribution in [2.45, 2.75) is 20.8 Å². The summed E-state index contributed by atoms with van der Waals surface area (Å²) < 4.78 is 41.1. The molecule has 0 radical (unpaired) electrons. The molecule has 38 heavy (non-hydrogen) atoms. The molecule has 202 valence electrons. The number of aryl methyl sites for hydroxylation is 1. The van der Waals surface area contributed by atoms with Gasteiger partial charge >= 0.3 is 0 Å². The summed E-state index contributed by atoms with van der Waals surface area (Å²) in [4.78, 5) is 28.3. The summed E-state index contributed by atoms with van der Waals surface area (Å²) in [7, 11) is 1.62. The zero-order valence-electron chi connectivity index (χ0n) is 22.0. The molecule has 1 fully saturated rings. The van der Waals surface area contributed by atoms with Gasteiger partial charge in [-0.2, -0.15) is 0 Å². The Morgan fingerprint density at radius 3 is 2.76 bits per heavy atom. The number of fused-ring (bicyclic) bond motifs is 1. The maximum Gasteiger partial charge on any atom is 0.262 e. The highest BCUT2D eigenvalue weighted by atomic mass is 19.1. The lowest BCUT2D eigenvalue weighted by atomic mass is 10.2. The molecule has 2 aromatic heterocycles. The van der Waals surface area contributed by atoms with Gasteiger partial charge in [-0.3, -0.25) is 9.69 Å². The summed E-state index contributed by atoms with van der Waals surface area (Å²) in [5, 5.41) is 3.21. The fraction of sp³-hybridized carbons (Fsp3) is 0.370. The molecule has 2 N–H and O–H groups in total. The number of hydrogen-bond acceptors (Lipinski definition) is 7. The van der Waals surface area contributed by atoms with E-state index in [1.54, 1.807) is 14.0 Å². The minimum absolute atomic E-state index is 0.00272. The van der Waals surface area contributed by atoms with E-state index in [0.717, 1.165) is 25.7 Å². The molecule has 9 nitrogen and oxygen atoms in total. The molecule has 4 rings (SSSR count). The first-order chi connectivity index (χ1) is 18.3. The van der Waals surface area contributed by atoms with Gasteiger partial charge in [0.15, 0.2) is 23.2 Å². The number of aromatic nitrogens is 3. The van der Waals surface area contributed by atoms with E-state index in [0.29, 0.717) is 31.1 Å². The second-order valence-corrected chi connectivity index (χ2v) is 8.92. The lowest BCUT2D eigenvalue weighted by molar-refractivity contribution is 0.0434. The molecular formula is C27H32F2N6O3. The summed E-state index contributed by atoms with van der Waals surface area (Å²) in [6, 6.07) is 2.43. The topological polar surface area (TPSA) is 95.6 Å². The van der Waals surface area contributed by atoms with E-state index in [1.165, 1.54) is 17.3 Å². The van der Waals surface area contributed by atoms with Crippen molar-refractivity contribution in [2.24, 2.45) is 0 Å². The minimum Gasteiger partial charge on any atom is -0.435 e. The van der Waals surface area contributed by atoms with E-state index in [1.807, 2.05) is 32.1 Å². The molecule has 3 aromatic rings. The number of hydrogen-bond donors (Lipinski definition) is 2. The summed E-state index contributed by atoms with van der Waals surface area (Å²) >= 11 is 0. The molecule has 0 spiro atoms. The molecule has 11 heteroatoms. The van der Waals surface area contributed by atoms with E-state index in [9.17, 15) is 9.18 Å². The molecule has 0 atom stereocenters. The Balaban J connectivity index is 1.66. The first-order valence-corrected chi connectivity index (χ1v) is 12.5. The molecule has 0 saturated carbocycles. The van der Waals surface area contributed by atoms with Crippen LogP contribution >= 0.6 is 0 Å². The number of amides is 1. The maximum absolute atomic E-state index is 15.3. The van der Waals surface area contributed by atoms with Gasteiger partial charge < -0.3 is 24.7 Å². The van der Waals surface area contributed by atoms with Crippen molar-refractivity contribution >= 4 is 22.6 Å². The predicted octanol–water partition coefficient (Wildman–Crippen LogP) is 4.63. The first-order valence-electron chi connectivity index (χ1n) is 12.5. The highest BCUT2D eigenvalue weighted by Crippen LogP contribution is 2.34. The van der Waals surface area contributed by atoms with Crippen LogP contribution < -0.4 is 10.1 Å². The molecule has 1 saturated heterocycles. The molecule has 0 bridgehead atoms. The number of aromatic amines is 1. The van der Waals surface area contributed by atoms with Crippen LogP contribution in [0.3, 0.4) is 0 Å². The van der Waals surface area contributed by atoms with Crippen molar-refractivity contribution in [3.05, 3.63) is 65.3 Å². The summed E-state index contributed by atoms with van der Waals surface area (Å²) in [5.41, 5.74) is 1.34. The molecule has 1 aliphatic heterocycles. The van der Waals surface area contributed by atoms with E-state index < -0.39 is 17.5 Å². The molecular weight excluding hydrogens is 494 g/mol. The average Bonchev–Trinajstić information content (AvgIpc) is 3.33. The van der Waals surface area contributed by atoms with Crippen molar-refractivity contribution in [3.8, 4) is 11.6 Å². The van der Waals surface area contributed by atoms with Crippen LogP contribution in [-0.4, -0.2) is 77.1 Å². The van der Waals surface area contributed by atoms with Gasteiger partial charge in [0.25, 0.3) is 5.91 Å². The van der Waals surface area contributed by atoms with Gasteiger partial charge in [-0.1, -0.05) is 12.2 Å². The van der Waals surface area contributed by atoms with Crippen LogP contribution in [0.2, 0.25) is 0 Å². The Hall–Kier alpha value is -3.83. The number of halogens is 2. The number of carbonyl (C=O) groups is 1. The number of ether oxygens (including phenoxy) is 2. The molecule has 1 amide bonds. The number of nitrogens with one attached hydrogen (secondary N) is 2. The van der Waals surface area contributed by atoms with Crippen molar-refractivity contribution in [3.63, 3.8) is 0 Å². The van der Waals surface area contributed by atoms with Gasteiger partial charge in [-0.05, 0) is 32.9 Å². The van der Waals surface area contributed by atoms with Crippen molar-refractivity contribution in [2.75, 3.05) is 51.8 Å². The number of rotatable bonds is 9. The standard InChI is InChI=1S/C27H32F2N6O3/c1-5-18(8-7-9-35-10-12-37-13-11-35)33-25-22(27(36)34(4)6-2)26(31-16-30-25)38-21-15-20(28)24-19(23(21)29)14-17(3)32-24/h5,7-8,14-16,32H,6,9-13H2,1-4H3,(H,30,31,33)/b8-7-,18-5+. The zero-order valence-corrected chi connectivity index (χ0v) is 22.0. The fourth-order valence-electron chi connectivity index (χ4n) is 4.04. The van der Waals surface area contributed by atoms with Crippen LogP contribution in [-0.2, 0) is 4.74 Å². The summed E-state index contributed by atoms with van der Waals surface area (Å²) in [6.45, 7) is 9.67. The Bertz CT molecular complexity index is 1360. The number of allylic oxidation sites excluding steroid dienone is 2. The smallest absolute Gasteiger partial charge is 0.262 e. The van der Waals surface area contributed by atoms with E-state index in [-0.39, 0.29) is 33.9 Å². The van der Waals surface area contributed by atoms with Gasteiger partial charge in [0.05, 0.1) is 18.7 Å². The average molecular weight is 527 g/mol. The second-order valence-electron chi connectivity index (χ2n) is 8.92. The third kappa shape index (κ3) is 6.00. The Morgan fingerprint density at radius 1 is 1.29 bits per heavy atom. The Labute approximate surface area is 220 Å². The van der Waals surface area contributed by atoms with Crippen LogP contribution in [0.25, 0.3) is 10.9 Å². The second kappa shape index (κ2) is 12.1. The number of H-pyrrole nitrogens is 1. The predicted molar refractivity (Wildman–Crippen MR) is 141 cm³/mol. The fourth-order valence-corrected chi connectivity index (χ4v) is 4.04. The van der Waals surface area contributed by atoms with Crippen molar-refractivity contribution in [1.29, 1.82) is 0 Å². The highest BCUT2D eigenvalue weighted by Gasteiger charge is 2.26. The highest BCUT2D eigenvalue weighted by molar-refractivity contribution is 6.01. The van der Waals surface area contributed by atoms with E-state index in [2.05, 4.69) is 25.2 Å². The minimum atomic E-state index is -0.763. The lowest BCUT2D eigenvalue weighted by Crippen LogP contribution is -2.36. The van der Waals surface area contributed by atoms with Gasteiger partial charge in [-0.15, -0.1) is 0 Å². The van der Waals surface area contributed by atoms with Crippen LogP contribution in [0.15, 0.2) is 42.4 Å².